The van der Waals surface area contributed by atoms with Gasteiger partial charge in [-0.05, 0) is 44.4 Å². The maximum absolute atomic E-state index is 4.64. The van der Waals surface area contributed by atoms with Crippen LogP contribution in [0.25, 0.3) is 0 Å². The maximum atomic E-state index is 4.64. The van der Waals surface area contributed by atoms with E-state index in [0.29, 0.717) is 6.04 Å². The lowest BCUT2D eigenvalue weighted by atomic mass is 10.1. The fourth-order valence-corrected chi connectivity index (χ4v) is 2.65. The lowest BCUT2D eigenvalue weighted by molar-refractivity contribution is 0.524. The minimum atomic E-state index is 0.394. The number of pyridine rings is 1. The first-order valence-corrected chi connectivity index (χ1v) is 7.29. The van der Waals surface area contributed by atoms with Gasteiger partial charge in [0.25, 0.3) is 0 Å². The van der Waals surface area contributed by atoms with Crippen molar-refractivity contribution in [3.05, 3.63) is 24.0 Å². The summed E-state index contributed by atoms with van der Waals surface area (Å²) >= 11 is 0. The molecule has 1 fully saturated rings. The van der Waals surface area contributed by atoms with E-state index in [0.717, 1.165) is 13.0 Å². The monoisotopic (exact) mass is 247 g/mol. The summed E-state index contributed by atoms with van der Waals surface area (Å²) in [5, 5.41) is 3.47. The Balaban J connectivity index is 2.03. The molecule has 0 bridgehead atoms. The zero-order valence-electron chi connectivity index (χ0n) is 11.7. The van der Waals surface area contributed by atoms with Gasteiger partial charge in [0.1, 0.15) is 0 Å². The molecule has 0 amide bonds. The van der Waals surface area contributed by atoms with Gasteiger partial charge in [-0.3, -0.25) is 4.98 Å². The van der Waals surface area contributed by atoms with Crippen LogP contribution in [0.15, 0.2) is 18.3 Å². The van der Waals surface area contributed by atoms with E-state index in [-0.39, 0.29) is 0 Å². The number of hydrogen-bond donors (Lipinski definition) is 1. The predicted octanol–water partition coefficient (Wildman–Crippen LogP) is 3.13. The van der Waals surface area contributed by atoms with Crippen LogP contribution >= 0.6 is 0 Å². The van der Waals surface area contributed by atoms with Gasteiger partial charge in [-0.1, -0.05) is 13.8 Å². The largest absolute Gasteiger partial charge is 0.370 e. The molecule has 3 heteroatoms. The summed E-state index contributed by atoms with van der Waals surface area (Å²) in [7, 11) is 0. The van der Waals surface area contributed by atoms with Crippen molar-refractivity contribution < 1.29 is 0 Å². The van der Waals surface area contributed by atoms with E-state index in [1.165, 1.54) is 43.7 Å². The van der Waals surface area contributed by atoms with E-state index >= 15 is 0 Å². The molecule has 18 heavy (non-hydrogen) atoms. The normalized spacial score (nSPS) is 17.8. The Morgan fingerprint density at radius 1 is 1.22 bits per heavy atom. The van der Waals surface area contributed by atoms with Gasteiger partial charge >= 0.3 is 0 Å². The molecule has 0 aliphatic carbocycles. The van der Waals surface area contributed by atoms with Crippen molar-refractivity contribution in [3.8, 4) is 0 Å². The first-order chi connectivity index (χ1) is 8.85. The van der Waals surface area contributed by atoms with Crippen LogP contribution in [-0.2, 0) is 0 Å². The third-order valence-electron chi connectivity index (χ3n) is 3.71. The molecule has 1 aromatic heterocycles. The number of piperidine rings is 1. The fourth-order valence-electron chi connectivity index (χ4n) is 2.65. The summed E-state index contributed by atoms with van der Waals surface area (Å²) < 4.78 is 0. The second-order valence-corrected chi connectivity index (χ2v) is 5.01. The van der Waals surface area contributed by atoms with Gasteiger partial charge in [-0.15, -0.1) is 0 Å². The number of nitrogens with one attached hydrogen (secondary N) is 1. The fraction of sp³-hybridized carbons (Fsp3) is 0.667. The molecule has 0 aromatic carbocycles. The quantitative estimate of drug-likeness (QED) is 0.866. The summed E-state index contributed by atoms with van der Waals surface area (Å²) in [5.41, 5.74) is 2.45. The van der Waals surface area contributed by atoms with Crippen molar-refractivity contribution in [2.75, 3.05) is 24.5 Å². The standard InChI is InChI=1S/C15H25N3/c1-3-14(16-4-2)15-9-8-13(12-17-15)18-10-6-5-7-11-18/h8-9,12,14,16H,3-7,10-11H2,1-2H3. The summed E-state index contributed by atoms with van der Waals surface area (Å²) in [6.07, 6.45) is 7.14. The van der Waals surface area contributed by atoms with Gasteiger partial charge in [0.2, 0.25) is 0 Å². The number of rotatable bonds is 5. The van der Waals surface area contributed by atoms with E-state index in [9.17, 15) is 0 Å². The number of nitrogens with zero attached hydrogens (tertiary/aromatic N) is 2. The van der Waals surface area contributed by atoms with Crippen LogP contribution in [0.1, 0.15) is 51.3 Å². The van der Waals surface area contributed by atoms with Crippen molar-refractivity contribution in [2.45, 2.75) is 45.6 Å². The lowest BCUT2D eigenvalue weighted by Gasteiger charge is -2.28. The minimum Gasteiger partial charge on any atom is -0.370 e. The third-order valence-corrected chi connectivity index (χ3v) is 3.71. The Kier molecular flexibility index (Phi) is 5.00. The molecule has 1 aliphatic heterocycles. The zero-order chi connectivity index (χ0) is 12.8. The van der Waals surface area contributed by atoms with E-state index in [2.05, 4.69) is 41.2 Å². The molecule has 2 rings (SSSR count). The predicted molar refractivity (Wildman–Crippen MR) is 77.0 cm³/mol. The molecule has 1 N–H and O–H groups in total. The molecule has 0 saturated carbocycles. The molecule has 1 aromatic rings. The van der Waals surface area contributed by atoms with E-state index < -0.39 is 0 Å². The highest BCUT2D eigenvalue weighted by Gasteiger charge is 2.13. The average molecular weight is 247 g/mol. The van der Waals surface area contributed by atoms with Crippen LogP contribution in [0.3, 0.4) is 0 Å². The van der Waals surface area contributed by atoms with Gasteiger partial charge < -0.3 is 10.2 Å². The topological polar surface area (TPSA) is 28.2 Å². The van der Waals surface area contributed by atoms with E-state index in [1.807, 2.05) is 6.20 Å². The molecular formula is C15H25N3. The molecule has 1 unspecified atom stereocenters. The Morgan fingerprint density at radius 3 is 2.56 bits per heavy atom. The summed E-state index contributed by atoms with van der Waals surface area (Å²) in [6, 6.07) is 4.81. The minimum absolute atomic E-state index is 0.394. The summed E-state index contributed by atoms with van der Waals surface area (Å²) in [4.78, 5) is 7.09. The molecule has 2 heterocycles. The van der Waals surface area contributed by atoms with Crippen molar-refractivity contribution in [2.24, 2.45) is 0 Å². The number of anilines is 1. The molecule has 1 saturated heterocycles. The van der Waals surface area contributed by atoms with Crippen LogP contribution in [0, 0.1) is 0 Å². The van der Waals surface area contributed by atoms with Crippen LogP contribution in [0.4, 0.5) is 5.69 Å². The van der Waals surface area contributed by atoms with Gasteiger partial charge in [0.05, 0.1) is 17.6 Å². The Labute approximate surface area is 111 Å². The molecule has 3 nitrogen and oxygen atoms in total. The lowest BCUT2D eigenvalue weighted by Crippen LogP contribution is -2.29. The highest BCUT2D eigenvalue weighted by Crippen LogP contribution is 2.21. The first-order valence-electron chi connectivity index (χ1n) is 7.29. The van der Waals surface area contributed by atoms with Crippen LogP contribution in [0.5, 0.6) is 0 Å². The molecule has 0 radical (unpaired) electrons. The molecular weight excluding hydrogens is 222 g/mol. The van der Waals surface area contributed by atoms with Gasteiger partial charge in [0, 0.05) is 19.1 Å². The Morgan fingerprint density at radius 2 is 2.00 bits per heavy atom. The van der Waals surface area contributed by atoms with Gasteiger partial charge in [0.15, 0.2) is 0 Å². The van der Waals surface area contributed by atoms with Crippen molar-refractivity contribution >= 4 is 5.69 Å². The van der Waals surface area contributed by atoms with Gasteiger partial charge in [-0.2, -0.15) is 0 Å². The second-order valence-electron chi connectivity index (χ2n) is 5.01. The Bertz CT molecular complexity index is 318. The third kappa shape index (κ3) is 3.22. The van der Waals surface area contributed by atoms with Crippen molar-refractivity contribution in [1.82, 2.24) is 10.3 Å². The number of hydrogen-bond acceptors (Lipinski definition) is 3. The molecule has 1 aliphatic rings. The van der Waals surface area contributed by atoms with E-state index in [1.54, 1.807) is 0 Å². The highest BCUT2D eigenvalue weighted by molar-refractivity contribution is 5.45. The molecule has 1 atom stereocenters. The highest BCUT2D eigenvalue weighted by atomic mass is 15.1. The van der Waals surface area contributed by atoms with Crippen molar-refractivity contribution in [1.29, 1.82) is 0 Å². The number of aromatic nitrogens is 1. The maximum Gasteiger partial charge on any atom is 0.0574 e. The van der Waals surface area contributed by atoms with E-state index in [4.69, 9.17) is 0 Å². The van der Waals surface area contributed by atoms with Crippen LogP contribution in [0.2, 0.25) is 0 Å². The Hall–Kier alpha value is -1.09. The average Bonchev–Trinajstić information content (AvgIpc) is 2.46. The molecule has 0 spiro atoms. The second kappa shape index (κ2) is 6.74. The van der Waals surface area contributed by atoms with Crippen LogP contribution < -0.4 is 10.2 Å². The molecule has 100 valence electrons. The van der Waals surface area contributed by atoms with Gasteiger partial charge in [-0.25, -0.2) is 0 Å². The zero-order valence-corrected chi connectivity index (χ0v) is 11.7. The van der Waals surface area contributed by atoms with Crippen molar-refractivity contribution in [3.63, 3.8) is 0 Å². The van der Waals surface area contributed by atoms with Crippen LogP contribution in [-0.4, -0.2) is 24.6 Å². The smallest absolute Gasteiger partial charge is 0.0574 e. The summed E-state index contributed by atoms with van der Waals surface area (Å²) in [6.45, 7) is 7.71. The summed E-state index contributed by atoms with van der Waals surface area (Å²) in [5.74, 6) is 0. The first kappa shape index (κ1) is 13.3. The SMILES string of the molecule is CCNC(CC)c1ccc(N2CCCCC2)cn1.